The smallest absolute Gasteiger partial charge is 0.256 e. The van der Waals surface area contributed by atoms with E-state index in [0.29, 0.717) is 16.8 Å². The summed E-state index contributed by atoms with van der Waals surface area (Å²) in [6.45, 7) is 0. The molecule has 5 rings (SSSR count). The van der Waals surface area contributed by atoms with Gasteiger partial charge in [0, 0.05) is 22.7 Å². The van der Waals surface area contributed by atoms with Crippen LogP contribution in [-0.4, -0.2) is 21.8 Å². The summed E-state index contributed by atoms with van der Waals surface area (Å²) in [4.78, 5) is 32.6. The van der Waals surface area contributed by atoms with E-state index in [1.165, 1.54) is 5.56 Å². The largest absolute Gasteiger partial charge is 0.366 e. The molecule has 0 bridgehead atoms. The van der Waals surface area contributed by atoms with Gasteiger partial charge in [-0.2, -0.15) is 0 Å². The molecule has 1 aliphatic rings. The molecule has 1 aliphatic carbocycles. The Morgan fingerprint density at radius 2 is 1.80 bits per heavy atom. The fourth-order valence-electron chi connectivity index (χ4n) is 4.17. The molecule has 4 aromatic rings. The predicted octanol–water partition coefficient (Wildman–Crippen LogP) is 4.19. The highest BCUT2D eigenvalue weighted by Crippen LogP contribution is 2.56. The fraction of sp³-hybridized carbons (Fsp3) is 0.125. The number of carbonyl (C=O) groups excluding carboxylic acids is 2. The van der Waals surface area contributed by atoms with Crippen LogP contribution >= 0.6 is 0 Å². The second kappa shape index (κ2) is 7.15. The maximum atomic E-state index is 13.2. The van der Waals surface area contributed by atoms with Crippen LogP contribution in [0.2, 0.25) is 0 Å². The third kappa shape index (κ3) is 3.22. The first-order valence-corrected chi connectivity index (χ1v) is 9.84. The van der Waals surface area contributed by atoms with E-state index in [4.69, 9.17) is 5.73 Å². The number of H-pyrrole nitrogens is 1. The Balaban J connectivity index is 1.49. The summed E-state index contributed by atoms with van der Waals surface area (Å²) in [5, 5.41) is 3.82. The number of aromatic nitrogens is 2. The second-order valence-electron chi connectivity index (χ2n) is 7.58. The van der Waals surface area contributed by atoms with E-state index in [1.54, 1.807) is 30.6 Å². The minimum absolute atomic E-state index is 0.0853. The van der Waals surface area contributed by atoms with Crippen LogP contribution in [0.4, 0.5) is 5.69 Å². The Morgan fingerprint density at radius 3 is 2.60 bits per heavy atom. The topological polar surface area (TPSA) is 101 Å². The quantitative estimate of drug-likeness (QED) is 0.471. The lowest BCUT2D eigenvalue weighted by Crippen LogP contribution is -2.19. The zero-order valence-corrected chi connectivity index (χ0v) is 16.1. The maximum absolute atomic E-state index is 13.2. The molecular weight excluding hydrogens is 376 g/mol. The predicted molar refractivity (Wildman–Crippen MR) is 116 cm³/mol. The van der Waals surface area contributed by atoms with Gasteiger partial charge < -0.3 is 16.0 Å². The van der Waals surface area contributed by atoms with E-state index in [9.17, 15) is 9.59 Å². The highest BCUT2D eigenvalue weighted by Gasteiger charge is 2.43. The van der Waals surface area contributed by atoms with Gasteiger partial charge in [0.1, 0.15) is 5.65 Å². The summed E-state index contributed by atoms with van der Waals surface area (Å²) in [6, 6.07) is 19.0. The molecule has 1 fully saturated rings. The standard InChI is InChI=1S/C24H20N4O2/c25-22(29)17-7-4-8-18(21(17)20-12-19(20)14-5-2-1-3-6-14)24(30)28-16-11-15-9-10-26-23(15)27-13-16/h1-11,13,19-20H,12H2,(H2,25,29)(H,26,27)(H,28,30). The van der Waals surface area contributed by atoms with Crippen molar-refractivity contribution in [2.45, 2.75) is 18.3 Å². The normalized spacial score (nSPS) is 17.6. The molecule has 2 aromatic heterocycles. The first kappa shape index (κ1) is 18.1. The molecule has 2 aromatic carbocycles. The molecule has 0 spiro atoms. The molecule has 2 amide bonds. The van der Waals surface area contributed by atoms with Crippen molar-refractivity contribution in [3.8, 4) is 0 Å². The summed E-state index contributed by atoms with van der Waals surface area (Å²) in [6.07, 6.45) is 4.29. The van der Waals surface area contributed by atoms with Crippen LogP contribution < -0.4 is 11.1 Å². The van der Waals surface area contributed by atoms with Crippen LogP contribution in [0.5, 0.6) is 0 Å². The number of nitrogens with two attached hydrogens (primary N) is 1. The Bertz CT molecular complexity index is 1260. The summed E-state index contributed by atoms with van der Waals surface area (Å²) in [5.41, 5.74) is 9.82. The van der Waals surface area contributed by atoms with Crippen molar-refractivity contribution >= 4 is 28.5 Å². The molecule has 6 nitrogen and oxygen atoms in total. The molecule has 4 N–H and O–H groups in total. The van der Waals surface area contributed by atoms with Crippen molar-refractivity contribution in [3.63, 3.8) is 0 Å². The van der Waals surface area contributed by atoms with Gasteiger partial charge in [-0.25, -0.2) is 4.98 Å². The number of carbonyl (C=O) groups is 2. The van der Waals surface area contributed by atoms with Gasteiger partial charge >= 0.3 is 0 Å². The molecule has 0 radical (unpaired) electrons. The molecule has 1 saturated carbocycles. The number of primary amides is 1. The highest BCUT2D eigenvalue weighted by molar-refractivity contribution is 6.08. The molecule has 30 heavy (non-hydrogen) atoms. The minimum atomic E-state index is -0.520. The number of nitrogens with one attached hydrogen (secondary N) is 2. The van der Waals surface area contributed by atoms with Crippen LogP contribution in [0.15, 0.2) is 73.1 Å². The van der Waals surface area contributed by atoms with Crippen LogP contribution in [0.3, 0.4) is 0 Å². The van der Waals surface area contributed by atoms with E-state index in [0.717, 1.165) is 23.0 Å². The number of hydrogen-bond acceptors (Lipinski definition) is 3. The number of aromatic amines is 1. The number of nitrogens with zero attached hydrogens (tertiary/aromatic N) is 1. The average Bonchev–Trinajstić information content (AvgIpc) is 3.42. The molecule has 2 heterocycles. The second-order valence-corrected chi connectivity index (χ2v) is 7.58. The fourth-order valence-corrected chi connectivity index (χ4v) is 4.17. The summed E-state index contributed by atoms with van der Waals surface area (Å²) >= 11 is 0. The van der Waals surface area contributed by atoms with Gasteiger partial charge in [0.15, 0.2) is 0 Å². The van der Waals surface area contributed by atoms with Gasteiger partial charge in [-0.1, -0.05) is 36.4 Å². The van der Waals surface area contributed by atoms with Gasteiger partial charge in [-0.05, 0) is 53.6 Å². The number of anilines is 1. The zero-order chi connectivity index (χ0) is 20.7. The van der Waals surface area contributed by atoms with Crippen LogP contribution in [0.1, 0.15) is 50.1 Å². The van der Waals surface area contributed by atoms with E-state index in [1.807, 2.05) is 30.3 Å². The Labute approximate surface area is 173 Å². The average molecular weight is 396 g/mol. The van der Waals surface area contributed by atoms with Gasteiger partial charge in [0.05, 0.1) is 11.9 Å². The summed E-state index contributed by atoms with van der Waals surface area (Å²) in [7, 11) is 0. The summed E-state index contributed by atoms with van der Waals surface area (Å²) < 4.78 is 0. The number of amides is 2. The molecule has 6 heteroatoms. The Hall–Kier alpha value is -3.93. The van der Waals surface area contributed by atoms with Crippen LogP contribution in [-0.2, 0) is 0 Å². The molecule has 0 aliphatic heterocycles. The molecule has 2 atom stereocenters. The van der Waals surface area contributed by atoms with E-state index >= 15 is 0 Å². The zero-order valence-electron chi connectivity index (χ0n) is 16.1. The number of pyridine rings is 1. The van der Waals surface area contributed by atoms with Gasteiger partial charge in [-0.3, -0.25) is 9.59 Å². The lowest BCUT2D eigenvalue weighted by Gasteiger charge is -2.14. The van der Waals surface area contributed by atoms with Crippen molar-refractivity contribution in [1.29, 1.82) is 0 Å². The van der Waals surface area contributed by atoms with Gasteiger partial charge in [-0.15, -0.1) is 0 Å². The molecular formula is C24H20N4O2. The van der Waals surface area contributed by atoms with E-state index in [2.05, 4.69) is 27.4 Å². The van der Waals surface area contributed by atoms with Crippen LogP contribution in [0, 0.1) is 0 Å². The summed E-state index contributed by atoms with van der Waals surface area (Å²) in [5.74, 6) is -0.435. The first-order chi connectivity index (χ1) is 14.6. The van der Waals surface area contributed by atoms with Crippen LogP contribution in [0.25, 0.3) is 11.0 Å². The van der Waals surface area contributed by atoms with Crippen molar-refractivity contribution in [1.82, 2.24) is 9.97 Å². The molecule has 0 saturated heterocycles. The van der Waals surface area contributed by atoms with Gasteiger partial charge in [0.25, 0.3) is 5.91 Å². The van der Waals surface area contributed by atoms with Crippen molar-refractivity contribution in [2.75, 3.05) is 5.32 Å². The lowest BCUT2D eigenvalue weighted by molar-refractivity contribution is 0.0999. The van der Waals surface area contributed by atoms with Crippen molar-refractivity contribution < 1.29 is 9.59 Å². The third-order valence-electron chi connectivity index (χ3n) is 5.66. The number of benzene rings is 2. The SMILES string of the molecule is NC(=O)c1cccc(C(=O)Nc2cnc3[nH]ccc3c2)c1C1CC1c1ccccc1. The van der Waals surface area contributed by atoms with Crippen molar-refractivity contribution in [3.05, 3.63) is 95.3 Å². The van der Waals surface area contributed by atoms with E-state index in [-0.39, 0.29) is 17.7 Å². The Kier molecular flexibility index (Phi) is 4.32. The molecule has 2 unspecified atom stereocenters. The Morgan fingerprint density at radius 1 is 1.00 bits per heavy atom. The van der Waals surface area contributed by atoms with Gasteiger partial charge in [0.2, 0.25) is 5.91 Å². The monoisotopic (exact) mass is 396 g/mol. The van der Waals surface area contributed by atoms with Crippen molar-refractivity contribution in [2.24, 2.45) is 5.73 Å². The minimum Gasteiger partial charge on any atom is -0.366 e. The highest BCUT2D eigenvalue weighted by atomic mass is 16.2. The number of rotatable bonds is 5. The van der Waals surface area contributed by atoms with E-state index < -0.39 is 5.91 Å². The number of hydrogen-bond donors (Lipinski definition) is 3. The lowest BCUT2D eigenvalue weighted by atomic mass is 9.93. The third-order valence-corrected chi connectivity index (χ3v) is 5.66. The maximum Gasteiger partial charge on any atom is 0.256 e. The first-order valence-electron chi connectivity index (χ1n) is 9.84. The molecule has 148 valence electrons. The number of fused-ring (bicyclic) bond motifs is 1.